The summed E-state index contributed by atoms with van der Waals surface area (Å²) in [4.78, 5) is 3.97. The number of amidine groups is 1. The summed E-state index contributed by atoms with van der Waals surface area (Å²) in [6, 6.07) is 5.67. The first kappa shape index (κ1) is 11.1. The van der Waals surface area contributed by atoms with Crippen molar-refractivity contribution >= 4 is 5.84 Å². The average Bonchev–Trinajstić information content (AvgIpc) is 2.67. The molecule has 0 aliphatic rings. The number of aromatic nitrogens is 3. The van der Waals surface area contributed by atoms with Crippen molar-refractivity contribution in [1.82, 2.24) is 14.8 Å². The molecule has 1 heterocycles. The lowest BCUT2D eigenvalue weighted by atomic mass is 10.1. The van der Waals surface area contributed by atoms with Gasteiger partial charge in [0.1, 0.15) is 17.9 Å². The number of ether oxygens (including phenoxy) is 1. The third kappa shape index (κ3) is 2.25. The van der Waals surface area contributed by atoms with Crippen LogP contribution in [0.25, 0.3) is 0 Å². The highest BCUT2D eigenvalue weighted by Gasteiger charge is 2.12. The van der Waals surface area contributed by atoms with Gasteiger partial charge in [0.05, 0.1) is 5.56 Å². The van der Waals surface area contributed by atoms with Crippen LogP contribution in [0.3, 0.4) is 0 Å². The summed E-state index contributed by atoms with van der Waals surface area (Å²) in [6.07, 6.45) is 1.54. The molecule has 0 saturated heterocycles. The Labute approximate surface area is 98.5 Å². The van der Waals surface area contributed by atoms with Crippen LogP contribution in [0, 0.1) is 12.3 Å². The maximum Gasteiger partial charge on any atom is 0.341 e. The summed E-state index contributed by atoms with van der Waals surface area (Å²) >= 11 is 0. The lowest BCUT2D eigenvalue weighted by Gasteiger charge is -2.09. The van der Waals surface area contributed by atoms with Crippen LogP contribution in [0.2, 0.25) is 0 Å². The first-order chi connectivity index (χ1) is 8.08. The molecule has 0 amide bonds. The van der Waals surface area contributed by atoms with E-state index in [4.69, 9.17) is 15.9 Å². The molecule has 17 heavy (non-hydrogen) atoms. The summed E-state index contributed by atoms with van der Waals surface area (Å²) < 4.78 is 7.10. The number of nitrogens with zero attached hydrogens (tertiary/aromatic N) is 3. The van der Waals surface area contributed by atoms with Crippen molar-refractivity contribution < 1.29 is 4.74 Å². The number of para-hydroxylation sites is 1. The van der Waals surface area contributed by atoms with Gasteiger partial charge >= 0.3 is 6.01 Å². The molecule has 0 saturated carbocycles. The predicted octanol–water partition coefficient (Wildman–Crippen LogP) is 1.20. The largest absolute Gasteiger partial charge is 0.422 e. The minimum Gasteiger partial charge on any atom is -0.422 e. The maximum atomic E-state index is 7.50. The number of nitrogen functional groups attached to an aromatic ring is 1. The molecule has 2 aromatic rings. The van der Waals surface area contributed by atoms with Crippen LogP contribution in [-0.2, 0) is 7.05 Å². The molecular formula is C11H13N5O. The van der Waals surface area contributed by atoms with E-state index < -0.39 is 0 Å². The Morgan fingerprint density at radius 2 is 2.24 bits per heavy atom. The van der Waals surface area contributed by atoms with Gasteiger partial charge in [0.25, 0.3) is 0 Å². The lowest BCUT2D eigenvalue weighted by molar-refractivity contribution is 0.435. The fourth-order valence-electron chi connectivity index (χ4n) is 1.46. The Morgan fingerprint density at radius 1 is 1.47 bits per heavy atom. The van der Waals surface area contributed by atoms with Crippen molar-refractivity contribution in [3.63, 3.8) is 0 Å². The Morgan fingerprint density at radius 3 is 2.82 bits per heavy atom. The Balaban J connectivity index is 2.40. The van der Waals surface area contributed by atoms with Crippen LogP contribution in [0.1, 0.15) is 11.1 Å². The van der Waals surface area contributed by atoms with E-state index in [2.05, 4.69) is 10.1 Å². The second kappa shape index (κ2) is 4.25. The topological polar surface area (TPSA) is 89.8 Å². The zero-order chi connectivity index (χ0) is 12.4. The van der Waals surface area contributed by atoms with Gasteiger partial charge < -0.3 is 10.5 Å². The van der Waals surface area contributed by atoms with Gasteiger partial charge in [-0.1, -0.05) is 12.1 Å². The molecule has 3 N–H and O–H groups in total. The van der Waals surface area contributed by atoms with Crippen molar-refractivity contribution in [2.75, 3.05) is 0 Å². The third-order valence-electron chi connectivity index (χ3n) is 2.27. The van der Waals surface area contributed by atoms with Crippen molar-refractivity contribution in [3.8, 4) is 11.8 Å². The molecule has 0 fully saturated rings. The van der Waals surface area contributed by atoms with E-state index >= 15 is 0 Å². The van der Waals surface area contributed by atoms with E-state index in [-0.39, 0.29) is 11.8 Å². The van der Waals surface area contributed by atoms with E-state index in [1.54, 1.807) is 24.1 Å². The normalized spacial score (nSPS) is 10.2. The van der Waals surface area contributed by atoms with Crippen LogP contribution in [0.5, 0.6) is 11.8 Å². The summed E-state index contributed by atoms with van der Waals surface area (Å²) in [5.41, 5.74) is 6.92. The van der Waals surface area contributed by atoms with Gasteiger partial charge in [-0.2, -0.15) is 4.98 Å². The molecule has 0 unspecified atom stereocenters. The monoisotopic (exact) mass is 231 g/mol. The molecule has 0 bridgehead atoms. The van der Waals surface area contributed by atoms with Gasteiger partial charge in [0.15, 0.2) is 0 Å². The van der Waals surface area contributed by atoms with Gasteiger partial charge in [-0.25, -0.2) is 0 Å². The van der Waals surface area contributed by atoms with E-state index in [1.807, 2.05) is 19.1 Å². The summed E-state index contributed by atoms with van der Waals surface area (Å²) in [6.45, 7) is 1.88. The highest BCUT2D eigenvalue weighted by atomic mass is 16.5. The lowest BCUT2D eigenvalue weighted by Crippen LogP contribution is -2.13. The predicted molar refractivity (Wildman–Crippen MR) is 63.3 cm³/mol. The highest BCUT2D eigenvalue weighted by Crippen LogP contribution is 2.26. The van der Waals surface area contributed by atoms with Gasteiger partial charge in [-0.05, 0) is 18.6 Å². The molecule has 88 valence electrons. The Hall–Kier alpha value is -2.37. The van der Waals surface area contributed by atoms with Crippen LogP contribution in [0.15, 0.2) is 24.5 Å². The molecule has 2 rings (SSSR count). The Bertz CT molecular complexity index is 561. The fourth-order valence-corrected chi connectivity index (χ4v) is 1.46. The van der Waals surface area contributed by atoms with E-state index in [1.165, 1.54) is 0 Å². The van der Waals surface area contributed by atoms with E-state index in [0.717, 1.165) is 5.56 Å². The fraction of sp³-hybridized carbons (Fsp3) is 0.182. The number of rotatable bonds is 3. The standard InChI is InChI=1S/C11H13N5O/c1-7-4-3-5-8(10(12)13)9(7)17-11-14-6-16(2)15-11/h3-6H,1-2H3,(H3,12,13). The van der Waals surface area contributed by atoms with Crippen molar-refractivity contribution in [3.05, 3.63) is 35.7 Å². The summed E-state index contributed by atoms with van der Waals surface area (Å²) in [5.74, 6) is 0.478. The quantitative estimate of drug-likeness (QED) is 0.613. The minimum absolute atomic E-state index is 0.0420. The Kier molecular flexibility index (Phi) is 2.78. The smallest absolute Gasteiger partial charge is 0.341 e. The SMILES string of the molecule is Cc1cccc(C(=N)N)c1Oc1ncn(C)n1. The average molecular weight is 231 g/mol. The van der Waals surface area contributed by atoms with Crippen LogP contribution in [0.4, 0.5) is 0 Å². The number of benzene rings is 1. The zero-order valence-corrected chi connectivity index (χ0v) is 9.64. The first-order valence-corrected chi connectivity index (χ1v) is 5.05. The number of aryl methyl sites for hydroxylation is 2. The van der Waals surface area contributed by atoms with E-state index in [9.17, 15) is 0 Å². The third-order valence-corrected chi connectivity index (χ3v) is 2.27. The number of hydrogen-bond acceptors (Lipinski definition) is 4. The van der Waals surface area contributed by atoms with E-state index in [0.29, 0.717) is 11.3 Å². The van der Waals surface area contributed by atoms with Gasteiger partial charge in [0, 0.05) is 7.05 Å². The minimum atomic E-state index is -0.0420. The number of hydrogen-bond donors (Lipinski definition) is 2. The van der Waals surface area contributed by atoms with Gasteiger partial charge in [0.2, 0.25) is 0 Å². The molecule has 6 heteroatoms. The van der Waals surface area contributed by atoms with Gasteiger partial charge in [-0.3, -0.25) is 10.1 Å². The van der Waals surface area contributed by atoms with Crippen molar-refractivity contribution in [2.24, 2.45) is 12.8 Å². The summed E-state index contributed by atoms with van der Waals surface area (Å²) in [7, 11) is 1.75. The zero-order valence-electron chi connectivity index (χ0n) is 9.64. The molecule has 0 radical (unpaired) electrons. The van der Waals surface area contributed by atoms with Gasteiger partial charge in [-0.15, -0.1) is 5.10 Å². The number of nitrogens with one attached hydrogen (secondary N) is 1. The second-order valence-electron chi connectivity index (χ2n) is 3.67. The molecule has 0 spiro atoms. The van der Waals surface area contributed by atoms with Crippen molar-refractivity contribution in [2.45, 2.75) is 6.92 Å². The molecule has 6 nitrogen and oxygen atoms in total. The molecule has 0 atom stereocenters. The first-order valence-electron chi connectivity index (χ1n) is 5.05. The van der Waals surface area contributed by atoms with Crippen LogP contribution >= 0.6 is 0 Å². The maximum absolute atomic E-state index is 7.50. The second-order valence-corrected chi connectivity index (χ2v) is 3.67. The molecule has 1 aromatic heterocycles. The number of nitrogens with two attached hydrogens (primary N) is 1. The highest BCUT2D eigenvalue weighted by molar-refractivity contribution is 5.98. The van der Waals surface area contributed by atoms with Crippen molar-refractivity contribution in [1.29, 1.82) is 5.41 Å². The molecule has 0 aliphatic heterocycles. The van der Waals surface area contributed by atoms with Crippen LogP contribution < -0.4 is 10.5 Å². The van der Waals surface area contributed by atoms with Crippen LogP contribution in [-0.4, -0.2) is 20.6 Å². The molecular weight excluding hydrogens is 218 g/mol. The molecule has 1 aromatic carbocycles. The molecule has 0 aliphatic carbocycles. The summed E-state index contributed by atoms with van der Waals surface area (Å²) in [5, 5.41) is 11.5.